The molecule has 0 saturated heterocycles. The first-order chi connectivity index (χ1) is 13.1. The van der Waals surface area contributed by atoms with Gasteiger partial charge in [0.1, 0.15) is 5.82 Å². The minimum Gasteiger partial charge on any atom is -0.456 e. The maximum Gasteiger partial charge on any atom is 0.308 e. The van der Waals surface area contributed by atoms with Crippen molar-refractivity contribution >= 4 is 21.8 Å². The van der Waals surface area contributed by atoms with Gasteiger partial charge in [0.25, 0.3) is 21.7 Å². The van der Waals surface area contributed by atoms with E-state index in [9.17, 15) is 22.4 Å². The van der Waals surface area contributed by atoms with Crippen molar-refractivity contribution in [2.45, 2.75) is 24.3 Å². The molecule has 1 atom stereocenters. The van der Waals surface area contributed by atoms with Crippen LogP contribution >= 0.6 is 0 Å². The fourth-order valence-electron chi connectivity index (χ4n) is 2.66. The Balaban J connectivity index is 2.01. The smallest absolute Gasteiger partial charge is 0.308 e. The van der Waals surface area contributed by atoms with E-state index >= 15 is 0 Å². The van der Waals surface area contributed by atoms with E-state index in [2.05, 4.69) is 4.72 Å². The molecule has 1 aliphatic rings. The fourth-order valence-corrected chi connectivity index (χ4v) is 3.67. The summed E-state index contributed by atoms with van der Waals surface area (Å²) in [4.78, 5) is 24.2. The van der Waals surface area contributed by atoms with Crippen molar-refractivity contribution in [3.05, 3.63) is 77.6 Å². The lowest BCUT2D eigenvalue weighted by molar-refractivity contribution is -0.142. The first-order valence-electron chi connectivity index (χ1n) is 8.14. The standard InChI is InChI=1S/C19H16FNO6S/c1-12(22)26-16-17(23)19(2,13-8-10-14(20)11-9-13)27-18(16)21-28(24,25)15-6-4-3-5-7-15/h3-11,21H,1-2H3. The summed E-state index contributed by atoms with van der Waals surface area (Å²) in [7, 11) is -4.11. The van der Waals surface area contributed by atoms with Crippen LogP contribution < -0.4 is 4.72 Å². The molecule has 28 heavy (non-hydrogen) atoms. The highest BCUT2D eigenvalue weighted by atomic mass is 32.2. The third-order valence-electron chi connectivity index (χ3n) is 4.07. The second kappa shape index (κ2) is 7.08. The Hall–Kier alpha value is -3.20. The number of hydrogen-bond acceptors (Lipinski definition) is 6. The number of Topliss-reactive ketones (excluding diaryl/α,β-unsaturated/α-hetero) is 1. The number of ketones is 1. The molecule has 3 rings (SSSR count). The number of esters is 1. The number of nitrogens with one attached hydrogen (secondary N) is 1. The number of halogens is 1. The van der Waals surface area contributed by atoms with Crippen LogP contribution in [0.15, 0.2) is 71.1 Å². The van der Waals surface area contributed by atoms with Crippen LogP contribution in [0.3, 0.4) is 0 Å². The molecule has 0 bridgehead atoms. The molecule has 1 unspecified atom stereocenters. The normalized spacial score (nSPS) is 19.3. The van der Waals surface area contributed by atoms with Crippen LogP contribution in [0.25, 0.3) is 0 Å². The van der Waals surface area contributed by atoms with Crippen molar-refractivity contribution in [3.63, 3.8) is 0 Å². The Morgan fingerprint density at radius 1 is 1.11 bits per heavy atom. The first-order valence-corrected chi connectivity index (χ1v) is 9.62. The number of rotatable bonds is 5. The van der Waals surface area contributed by atoms with Gasteiger partial charge < -0.3 is 9.47 Å². The van der Waals surface area contributed by atoms with Gasteiger partial charge >= 0.3 is 5.97 Å². The fraction of sp³-hybridized carbons (Fsp3) is 0.158. The summed E-state index contributed by atoms with van der Waals surface area (Å²) in [6, 6.07) is 12.3. The molecule has 0 aromatic heterocycles. The zero-order chi connectivity index (χ0) is 20.5. The zero-order valence-electron chi connectivity index (χ0n) is 14.9. The van der Waals surface area contributed by atoms with E-state index < -0.39 is 44.8 Å². The predicted octanol–water partition coefficient (Wildman–Crippen LogP) is 2.35. The van der Waals surface area contributed by atoms with Crippen LogP contribution in [0, 0.1) is 5.82 Å². The third-order valence-corrected chi connectivity index (χ3v) is 5.42. The topological polar surface area (TPSA) is 98.8 Å². The molecule has 1 N–H and O–H groups in total. The Labute approximate surface area is 160 Å². The minimum absolute atomic E-state index is 0.0730. The predicted molar refractivity (Wildman–Crippen MR) is 95.4 cm³/mol. The Kier molecular flexibility index (Phi) is 4.95. The van der Waals surface area contributed by atoms with Gasteiger partial charge in [-0.2, -0.15) is 0 Å². The van der Waals surface area contributed by atoms with Crippen LogP contribution in [0.1, 0.15) is 19.4 Å². The molecule has 0 radical (unpaired) electrons. The van der Waals surface area contributed by atoms with Crippen molar-refractivity contribution < 1.29 is 31.9 Å². The highest BCUT2D eigenvalue weighted by Crippen LogP contribution is 2.38. The molecule has 7 nitrogen and oxygen atoms in total. The molecule has 0 spiro atoms. The lowest BCUT2D eigenvalue weighted by atomic mass is 9.91. The summed E-state index contributed by atoms with van der Waals surface area (Å²) >= 11 is 0. The van der Waals surface area contributed by atoms with Gasteiger partial charge in [-0.15, -0.1) is 0 Å². The van der Waals surface area contributed by atoms with Gasteiger partial charge in [-0.05, 0) is 31.2 Å². The Morgan fingerprint density at radius 3 is 2.29 bits per heavy atom. The third kappa shape index (κ3) is 3.61. The lowest BCUT2D eigenvalue weighted by Gasteiger charge is -2.23. The maximum atomic E-state index is 13.2. The van der Waals surface area contributed by atoms with Crippen molar-refractivity contribution in [1.29, 1.82) is 0 Å². The lowest BCUT2D eigenvalue weighted by Crippen LogP contribution is -2.32. The van der Waals surface area contributed by atoms with Crippen molar-refractivity contribution in [2.75, 3.05) is 0 Å². The number of hydrogen-bond donors (Lipinski definition) is 1. The number of ether oxygens (including phenoxy) is 2. The Bertz CT molecular complexity index is 1060. The van der Waals surface area contributed by atoms with Gasteiger partial charge in [0.15, 0.2) is 5.60 Å². The molecule has 0 fully saturated rings. The second-order valence-electron chi connectivity index (χ2n) is 6.14. The number of benzene rings is 2. The molecule has 1 heterocycles. The largest absolute Gasteiger partial charge is 0.456 e. The van der Waals surface area contributed by atoms with E-state index in [1.54, 1.807) is 6.07 Å². The average molecular weight is 405 g/mol. The minimum atomic E-state index is -4.11. The summed E-state index contributed by atoms with van der Waals surface area (Å²) in [6.45, 7) is 2.44. The molecule has 0 saturated carbocycles. The Morgan fingerprint density at radius 2 is 1.71 bits per heavy atom. The van der Waals surface area contributed by atoms with Crippen LogP contribution in [0.5, 0.6) is 0 Å². The van der Waals surface area contributed by atoms with E-state index in [1.807, 2.05) is 0 Å². The van der Waals surface area contributed by atoms with E-state index in [0.717, 1.165) is 19.1 Å². The molecule has 0 amide bonds. The average Bonchev–Trinajstić information content (AvgIpc) is 2.87. The number of carbonyl (C=O) groups excluding carboxylic acids is 2. The second-order valence-corrected chi connectivity index (χ2v) is 7.82. The van der Waals surface area contributed by atoms with E-state index in [4.69, 9.17) is 9.47 Å². The first kappa shape index (κ1) is 19.6. The summed E-state index contributed by atoms with van der Waals surface area (Å²) in [6.07, 6.45) is 0. The molecule has 146 valence electrons. The van der Waals surface area contributed by atoms with Crippen molar-refractivity contribution in [3.8, 4) is 0 Å². The van der Waals surface area contributed by atoms with E-state index in [0.29, 0.717) is 0 Å². The van der Waals surface area contributed by atoms with Crippen LogP contribution in [0.2, 0.25) is 0 Å². The highest BCUT2D eigenvalue weighted by Gasteiger charge is 2.50. The van der Waals surface area contributed by atoms with E-state index in [1.165, 1.54) is 43.3 Å². The summed E-state index contributed by atoms with van der Waals surface area (Å²) in [5, 5.41) is 0. The van der Waals surface area contributed by atoms with Gasteiger partial charge in [-0.3, -0.25) is 9.59 Å². The van der Waals surface area contributed by atoms with Crippen LogP contribution in [-0.2, 0) is 34.7 Å². The monoisotopic (exact) mass is 405 g/mol. The quantitative estimate of drug-likeness (QED) is 0.767. The molecular weight excluding hydrogens is 389 g/mol. The highest BCUT2D eigenvalue weighted by molar-refractivity contribution is 7.89. The van der Waals surface area contributed by atoms with Gasteiger partial charge in [0.2, 0.25) is 5.76 Å². The van der Waals surface area contributed by atoms with Crippen LogP contribution in [0.4, 0.5) is 4.39 Å². The van der Waals surface area contributed by atoms with Gasteiger partial charge in [0, 0.05) is 12.5 Å². The SMILES string of the molecule is CC(=O)OC1=C(NS(=O)(=O)c2ccccc2)OC(C)(c2ccc(F)cc2)C1=O. The molecule has 9 heteroatoms. The maximum absolute atomic E-state index is 13.2. The van der Waals surface area contributed by atoms with Crippen molar-refractivity contribution in [2.24, 2.45) is 0 Å². The number of carbonyl (C=O) groups is 2. The molecule has 2 aromatic rings. The summed E-state index contributed by atoms with van der Waals surface area (Å²) < 4.78 is 51.1. The van der Waals surface area contributed by atoms with Crippen molar-refractivity contribution in [1.82, 2.24) is 4.72 Å². The van der Waals surface area contributed by atoms with Gasteiger partial charge in [-0.1, -0.05) is 30.3 Å². The van der Waals surface area contributed by atoms with Gasteiger partial charge in [-0.25, -0.2) is 17.5 Å². The van der Waals surface area contributed by atoms with E-state index in [-0.39, 0.29) is 10.5 Å². The molecule has 1 aliphatic heterocycles. The summed E-state index contributed by atoms with van der Waals surface area (Å²) in [5.74, 6) is -3.21. The molecule has 2 aromatic carbocycles. The van der Waals surface area contributed by atoms with Gasteiger partial charge in [0.05, 0.1) is 4.90 Å². The summed E-state index contributed by atoms with van der Waals surface area (Å²) in [5.41, 5.74) is -1.44. The zero-order valence-corrected chi connectivity index (χ0v) is 15.7. The molecule has 0 aliphatic carbocycles. The molecular formula is C19H16FNO6S. The number of sulfonamides is 1. The van der Waals surface area contributed by atoms with Crippen LogP contribution in [-0.4, -0.2) is 20.2 Å².